The zero-order valence-corrected chi connectivity index (χ0v) is 15.5. The van der Waals surface area contributed by atoms with E-state index in [1.54, 1.807) is 0 Å². The van der Waals surface area contributed by atoms with Crippen LogP contribution in [-0.4, -0.2) is 29.2 Å². The zero-order valence-electron chi connectivity index (χ0n) is 13.9. The molecule has 4 atom stereocenters. The van der Waals surface area contributed by atoms with E-state index in [2.05, 4.69) is 33.4 Å². The number of nitrogens with one attached hydrogen (secondary N) is 1. The molecule has 0 unspecified atom stereocenters. The van der Waals surface area contributed by atoms with Crippen molar-refractivity contribution in [2.75, 3.05) is 11.9 Å². The minimum atomic E-state index is -0.195. The second-order valence-corrected chi connectivity index (χ2v) is 8.00. The molecule has 25 heavy (non-hydrogen) atoms. The van der Waals surface area contributed by atoms with E-state index in [9.17, 15) is 14.4 Å². The van der Waals surface area contributed by atoms with E-state index in [0.29, 0.717) is 0 Å². The van der Waals surface area contributed by atoms with Gasteiger partial charge in [0.25, 0.3) is 0 Å². The van der Waals surface area contributed by atoms with E-state index in [1.807, 2.05) is 25.1 Å². The molecule has 1 saturated carbocycles. The second-order valence-electron chi connectivity index (χ2n) is 7.09. The Morgan fingerprint density at radius 1 is 1.20 bits per heavy atom. The van der Waals surface area contributed by atoms with Gasteiger partial charge in [0.2, 0.25) is 17.7 Å². The molecule has 6 heteroatoms. The van der Waals surface area contributed by atoms with Crippen molar-refractivity contribution < 1.29 is 14.4 Å². The number of carbonyl (C=O) groups excluding carboxylic acids is 3. The van der Waals surface area contributed by atoms with Crippen LogP contribution in [0, 0.1) is 30.6 Å². The Kier molecular flexibility index (Phi) is 4.02. The van der Waals surface area contributed by atoms with Gasteiger partial charge in [0.15, 0.2) is 0 Å². The Hall–Kier alpha value is -1.95. The van der Waals surface area contributed by atoms with Crippen molar-refractivity contribution in [1.82, 2.24) is 4.90 Å². The van der Waals surface area contributed by atoms with E-state index < -0.39 is 0 Å². The number of hydrogen-bond donors (Lipinski definition) is 1. The van der Waals surface area contributed by atoms with E-state index in [0.717, 1.165) is 22.1 Å². The lowest BCUT2D eigenvalue weighted by Crippen LogP contribution is -2.35. The third kappa shape index (κ3) is 2.72. The van der Waals surface area contributed by atoms with Gasteiger partial charge in [0.05, 0.1) is 11.8 Å². The monoisotopic (exact) mass is 402 g/mol. The minimum absolute atomic E-state index is 0.0977. The molecule has 0 radical (unpaired) electrons. The summed E-state index contributed by atoms with van der Waals surface area (Å²) in [4.78, 5) is 38.7. The average Bonchev–Trinajstić information content (AvgIpc) is 3.23. The van der Waals surface area contributed by atoms with E-state index in [1.165, 1.54) is 4.90 Å². The number of nitrogens with zero attached hydrogens (tertiary/aromatic N) is 1. The number of aryl methyl sites for hydroxylation is 1. The van der Waals surface area contributed by atoms with Crippen molar-refractivity contribution in [3.05, 3.63) is 40.4 Å². The van der Waals surface area contributed by atoms with Crippen LogP contribution in [0.15, 0.2) is 34.8 Å². The maximum absolute atomic E-state index is 12.6. The molecule has 1 N–H and O–H groups in total. The summed E-state index contributed by atoms with van der Waals surface area (Å²) in [6.07, 6.45) is 5.19. The lowest BCUT2D eigenvalue weighted by atomic mass is 9.85. The van der Waals surface area contributed by atoms with Crippen LogP contribution in [-0.2, 0) is 14.4 Å². The first-order valence-electron chi connectivity index (χ1n) is 8.55. The van der Waals surface area contributed by atoms with Crippen LogP contribution in [0.2, 0.25) is 0 Å². The summed E-state index contributed by atoms with van der Waals surface area (Å²) in [6, 6.07) is 5.62. The summed E-state index contributed by atoms with van der Waals surface area (Å²) in [7, 11) is 0. The smallest absolute Gasteiger partial charge is 0.233 e. The molecule has 0 spiro atoms. The summed E-state index contributed by atoms with van der Waals surface area (Å²) < 4.78 is 0.950. The van der Waals surface area contributed by atoms with Crippen molar-refractivity contribution in [2.24, 2.45) is 23.7 Å². The number of fused-ring (bicyclic) bond motifs is 5. The Bertz CT molecular complexity index is 774. The van der Waals surface area contributed by atoms with Gasteiger partial charge in [-0.05, 0) is 48.9 Å². The molecule has 1 aliphatic heterocycles. The van der Waals surface area contributed by atoms with Crippen LogP contribution in [0.3, 0.4) is 0 Å². The number of amides is 3. The van der Waals surface area contributed by atoms with E-state index in [4.69, 9.17) is 0 Å². The summed E-state index contributed by atoms with van der Waals surface area (Å²) in [6.45, 7) is 2.07. The van der Waals surface area contributed by atoms with Gasteiger partial charge in [-0.1, -0.05) is 28.1 Å². The van der Waals surface area contributed by atoms with Crippen molar-refractivity contribution >= 4 is 39.3 Å². The van der Waals surface area contributed by atoms with Crippen LogP contribution < -0.4 is 5.32 Å². The van der Waals surface area contributed by atoms with Crippen LogP contribution >= 0.6 is 15.9 Å². The number of allylic oxidation sites excluding steroid dienone is 2. The van der Waals surface area contributed by atoms with E-state index in [-0.39, 0.29) is 54.4 Å². The van der Waals surface area contributed by atoms with Gasteiger partial charge in [-0.15, -0.1) is 0 Å². The molecule has 2 bridgehead atoms. The molecule has 1 saturated heterocycles. The fourth-order valence-electron chi connectivity index (χ4n) is 4.38. The Morgan fingerprint density at radius 2 is 1.84 bits per heavy atom. The number of hydrogen-bond acceptors (Lipinski definition) is 3. The molecule has 1 heterocycles. The summed E-state index contributed by atoms with van der Waals surface area (Å²) in [5, 5.41) is 2.85. The Morgan fingerprint density at radius 3 is 2.44 bits per heavy atom. The van der Waals surface area contributed by atoms with Gasteiger partial charge >= 0.3 is 0 Å². The Labute approximate surface area is 154 Å². The van der Waals surface area contributed by atoms with Crippen molar-refractivity contribution in [1.29, 1.82) is 0 Å². The molecular formula is C19H19BrN2O3. The highest BCUT2D eigenvalue weighted by Crippen LogP contribution is 2.52. The Balaban J connectivity index is 1.38. The van der Waals surface area contributed by atoms with Crippen LogP contribution in [0.5, 0.6) is 0 Å². The number of rotatable bonds is 4. The molecule has 130 valence electrons. The SMILES string of the molecule is Cc1cc(Br)ccc1NC(=O)CCN1C(=O)[C@@H]2[C@@H](C1=O)[C@H]1C=C[C@H]2C1. The largest absolute Gasteiger partial charge is 0.326 e. The minimum Gasteiger partial charge on any atom is -0.326 e. The summed E-state index contributed by atoms with van der Waals surface area (Å²) in [5.74, 6) is -0.368. The maximum Gasteiger partial charge on any atom is 0.233 e. The van der Waals surface area contributed by atoms with Gasteiger partial charge in [0, 0.05) is 23.1 Å². The van der Waals surface area contributed by atoms with Gasteiger partial charge in [-0.2, -0.15) is 0 Å². The number of imide groups is 1. The van der Waals surface area contributed by atoms with Crippen molar-refractivity contribution in [3.8, 4) is 0 Å². The maximum atomic E-state index is 12.6. The first-order valence-corrected chi connectivity index (χ1v) is 9.34. The van der Waals surface area contributed by atoms with Gasteiger partial charge in [-0.25, -0.2) is 0 Å². The van der Waals surface area contributed by atoms with Crippen LogP contribution in [0.4, 0.5) is 5.69 Å². The molecule has 4 rings (SSSR count). The number of anilines is 1. The van der Waals surface area contributed by atoms with Gasteiger partial charge < -0.3 is 5.32 Å². The van der Waals surface area contributed by atoms with Crippen LogP contribution in [0.25, 0.3) is 0 Å². The van der Waals surface area contributed by atoms with Crippen LogP contribution in [0.1, 0.15) is 18.4 Å². The molecule has 2 aliphatic carbocycles. The van der Waals surface area contributed by atoms with Gasteiger partial charge in [0.1, 0.15) is 0 Å². The molecule has 5 nitrogen and oxygen atoms in total. The highest BCUT2D eigenvalue weighted by molar-refractivity contribution is 9.10. The molecule has 1 aromatic carbocycles. The lowest BCUT2D eigenvalue weighted by molar-refractivity contribution is -0.140. The molecule has 0 aromatic heterocycles. The molecule has 2 fully saturated rings. The highest BCUT2D eigenvalue weighted by Gasteiger charge is 2.58. The fraction of sp³-hybridized carbons (Fsp3) is 0.421. The fourth-order valence-corrected chi connectivity index (χ4v) is 4.85. The average molecular weight is 403 g/mol. The first kappa shape index (κ1) is 16.5. The van der Waals surface area contributed by atoms with Crippen molar-refractivity contribution in [2.45, 2.75) is 19.8 Å². The number of benzene rings is 1. The molecule has 3 amide bonds. The predicted octanol–water partition coefficient (Wildman–Crippen LogP) is 2.89. The zero-order chi connectivity index (χ0) is 17.7. The quantitative estimate of drug-likeness (QED) is 0.621. The molecule has 3 aliphatic rings. The second kappa shape index (κ2) is 6.09. The predicted molar refractivity (Wildman–Crippen MR) is 96.6 cm³/mol. The third-order valence-corrected chi connectivity index (χ3v) is 6.08. The summed E-state index contributed by atoms with van der Waals surface area (Å²) >= 11 is 3.39. The summed E-state index contributed by atoms with van der Waals surface area (Å²) in [5.41, 5.74) is 1.69. The third-order valence-electron chi connectivity index (χ3n) is 5.59. The highest BCUT2D eigenvalue weighted by atomic mass is 79.9. The lowest BCUT2D eigenvalue weighted by Gasteiger charge is -2.17. The normalized spacial score (nSPS) is 29.4. The molecular weight excluding hydrogens is 384 g/mol. The van der Waals surface area contributed by atoms with Gasteiger partial charge in [-0.3, -0.25) is 19.3 Å². The van der Waals surface area contributed by atoms with Crippen molar-refractivity contribution in [3.63, 3.8) is 0 Å². The standard InChI is InChI=1S/C19H19BrN2O3/c1-10-8-13(20)4-5-14(10)21-15(23)6-7-22-18(24)16-11-2-3-12(9-11)17(16)19(22)25/h2-5,8,11-12,16-17H,6-7,9H2,1H3,(H,21,23)/t11-,12-,16-,17-/m0/s1. The van der Waals surface area contributed by atoms with E-state index >= 15 is 0 Å². The number of carbonyl (C=O) groups is 3. The topological polar surface area (TPSA) is 66.5 Å². The first-order chi connectivity index (χ1) is 12.0. The number of halogens is 1. The number of likely N-dealkylation sites (tertiary alicyclic amines) is 1. The molecule has 1 aromatic rings.